The first-order valence-corrected chi connectivity index (χ1v) is 11.1. The number of pyridine rings is 1. The maximum atomic E-state index is 13.4. The highest BCUT2D eigenvalue weighted by Crippen LogP contribution is 2.37. The smallest absolute Gasteiger partial charge is 0.254 e. The second-order valence-corrected chi connectivity index (χ2v) is 9.59. The van der Waals surface area contributed by atoms with Crippen molar-refractivity contribution in [3.05, 3.63) is 81.4 Å². The molecule has 32 heavy (non-hydrogen) atoms. The van der Waals surface area contributed by atoms with E-state index in [1.807, 2.05) is 22.9 Å². The minimum absolute atomic E-state index is 0.113. The zero-order valence-corrected chi connectivity index (χ0v) is 19.0. The van der Waals surface area contributed by atoms with Crippen LogP contribution in [0.3, 0.4) is 0 Å². The number of H-pyrrole nitrogens is 1. The van der Waals surface area contributed by atoms with Gasteiger partial charge in [-0.15, -0.1) is 5.10 Å². The highest BCUT2D eigenvalue weighted by molar-refractivity contribution is 5.80. The van der Waals surface area contributed by atoms with Gasteiger partial charge in [0.2, 0.25) is 0 Å². The Hall–Kier alpha value is -3.48. The predicted molar refractivity (Wildman–Crippen MR) is 126 cm³/mol. The number of rotatable bonds is 3. The molecule has 1 N–H and O–H groups in total. The molecule has 2 aromatic heterocycles. The Morgan fingerprint density at radius 3 is 2.72 bits per heavy atom. The zero-order chi connectivity index (χ0) is 22.5. The fraction of sp³-hybridized carbons (Fsp3) is 0.360. The molecule has 0 unspecified atom stereocenters. The normalized spacial score (nSPS) is 15.1. The van der Waals surface area contributed by atoms with Gasteiger partial charge in [-0.1, -0.05) is 29.8 Å². The van der Waals surface area contributed by atoms with Crippen LogP contribution in [0.25, 0.3) is 10.9 Å². The first kappa shape index (κ1) is 20.4. The molecule has 0 fully saturated rings. The molecule has 5 rings (SSSR count). The summed E-state index contributed by atoms with van der Waals surface area (Å²) >= 11 is 0. The average molecular weight is 429 g/mol. The number of aryl methyl sites for hydroxylation is 2. The van der Waals surface area contributed by atoms with E-state index >= 15 is 0 Å². The third-order valence-corrected chi connectivity index (χ3v) is 6.15. The Morgan fingerprint density at radius 1 is 1.09 bits per heavy atom. The molecule has 7 heteroatoms. The van der Waals surface area contributed by atoms with Gasteiger partial charge in [0.05, 0.1) is 5.54 Å². The molecule has 1 atom stereocenters. The lowest BCUT2D eigenvalue weighted by atomic mass is 9.95. The second kappa shape index (κ2) is 7.58. The van der Waals surface area contributed by atoms with E-state index < -0.39 is 6.04 Å². The molecule has 1 aliphatic heterocycles. The van der Waals surface area contributed by atoms with Crippen molar-refractivity contribution >= 4 is 16.6 Å². The lowest BCUT2D eigenvalue weighted by Gasteiger charge is -2.38. The molecule has 0 amide bonds. The van der Waals surface area contributed by atoms with Crippen molar-refractivity contribution in [3.8, 4) is 0 Å². The van der Waals surface area contributed by atoms with Crippen molar-refractivity contribution in [2.45, 2.75) is 52.1 Å². The summed E-state index contributed by atoms with van der Waals surface area (Å²) in [6, 6.07) is 16.1. The van der Waals surface area contributed by atoms with Crippen LogP contribution >= 0.6 is 0 Å². The standard InChI is InChI=1S/C25H28N6O/c1-16-11-12-20-18(14-16)15-19(24(32)26-20)22(23-27-28-29-31(23)25(2,3)4)30-13-7-9-17-8-5-6-10-21(17)30/h5-6,8,10-12,14-15,22H,7,9,13H2,1-4H3,(H,26,32)/t22-/m0/s1. The number of aromatic amines is 1. The first-order chi connectivity index (χ1) is 15.3. The maximum Gasteiger partial charge on any atom is 0.254 e. The van der Waals surface area contributed by atoms with Gasteiger partial charge in [-0.3, -0.25) is 4.79 Å². The summed E-state index contributed by atoms with van der Waals surface area (Å²) < 4.78 is 1.84. The number of para-hydroxylation sites is 1. The van der Waals surface area contributed by atoms with E-state index in [0.717, 1.165) is 41.5 Å². The van der Waals surface area contributed by atoms with Gasteiger partial charge >= 0.3 is 0 Å². The van der Waals surface area contributed by atoms with Crippen LogP contribution in [0.1, 0.15) is 55.7 Å². The fourth-order valence-corrected chi connectivity index (χ4v) is 4.67. The highest BCUT2D eigenvalue weighted by Gasteiger charge is 2.35. The zero-order valence-electron chi connectivity index (χ0n) is 19.0. The molecule has 0 aliphatic carbocycles. The van der Waals surface area contributed by atoms with Gasteiger partial charge in [-0.2, -0.15) is 0 Å². The molecule has 0 saturated heterocycles. The summed E-state index contributed by atoms with van der Waals surface area (Å²) in [6.45, 7) is 9.10. The lowest BCUT2D eigenvalue weighted by Crippen LogP contribution is -2.40. The highest BCUT2D eigenvalue weighted by atomic mass is 16.1. The molecule has 0 saturated carbocycles. The molecule has 164 valence electrons. The van der Waals surface area contributed by atoms with Crippen molar-refractivity contribution in [1.82, 2.24) is 25.2 Å². The molecular formula is C25H28N6O. The number of tetrazole rings is 1. The number of nitrogens with one attached hydrogen (secondary N) is 1. The molecule has 0 bridgehead atoms. The van der Waals surface area contributed by atoms with Gasteiger partial charge in [0, 0.05) is 23.3 Å². The van der Waals surface area contributed by atoms with Gasteiger partial charge in [0.25, 0.3) is 5.56 Å². The van der Waals surface area contributed by atoms with Crippen molar-refractivity contribution in [3.63, 3.8) is 0 Å². The van der Waals surface area contributed by atoms with Crippen LogP contribution in [-0.2, 0) is 12.0 Å². The van der Waals surface area contributed by atoms with Crippen LogP contribution in [0.5, 0.6) is 0 Å². The van der Waals surface area contributed by atoms with E-state index in [9.17, 15) is 4.79 Å². The summed E-state index contributed by atoms with van der Waals surface area (Å²) in [7, 11) is 0. The van der Waals surface area contributed by atoms with Crippen LogP contribution in [0.4, 0.5) is 5.69 Å². The number of benzene rings is 2. The molecule has 1 aliphatic rings. The van der Waals surface area contributed by atoms with E-state index in [1.165, 1.54) is 5.56 Å². The van der Waals surface area contributed by atoms with Crippen molar-refractivity contribution in [1.29, 1.82) is 0 Å². The summed E-state index contributed by atoms with van der Waals surface area (Å²) in [5.41, 5.74) is 4.61. The Balaban J connectivity index is 1.78. The Kier molecular flexibility index (Phi) is 4.84. The number of nitrogens with zero attached hydrogens (tertiary/aromatic N) is 5. The van der Waals surface area contributed by atoms with Crippen LogP contribution in [0, 0.1) is 6.92 Å². The van der Waals surface area contributed by atoms with Gasteiger partial charge in [-0.25, -0.2) is 4.68 Å². The Bertz CT molecular complexity index is 1350. The quantitative estimate of drug-likeness (QED) is 0.531. The maximum absolute atomic E-state index is 13.4. The van der Waals surface area contributed by atoms with Gasteiger partial charge in [-0.05, 0) is 86.2 Å². The van der Waals surface area contributed by atoms with Crippen molar-refractivity contribution in [2.75, 3.05) is 11.4 Å². The fourth-order valence-electron chi connectivity index (χ4n) is 4.67. The number of aromatic nitrogens is 5. The van der Waals surface area contributed by atoms with E-state index in [1.54, 1.807) is 0 Å². The molecule has 4 aromatic rings. The average Bonchev–Trinajstić information content (AvgIpc) is 3.25. The van der Waals surface area contributed by atoms with Crippen molar-refractivity contribution < 1.29 is 0 Å². The summed E-state index contributed by atoms with van der Waals surface area (Å²) in [4.78, 5) is 18.8. The van der Waals surface area contributed by atoms with Gasteiger partial charge < -0.3 is 9.88 Å². The van der Waals surface area contributed by atoms with Crippen LogP contribution in [0.2, 0.25) is 0 Å². The second-order valence-electron chi connectivity index (χ2n) is 9.59. The summed E-state index contributed by atoms with van der Waals surface area (Å²) in [5, 5.41) is 13.8. The van der Waals surface area contributed by atoms with Crippen molar-refractivity contribution in [2.24, 2.45) is 0 Å². The molecule has 2 aromatic carbocycles. The topological polar surface area (TPSA) is 79.7 Å². The number of fused-ring (bicyclic) bond motifs is 2. The third kappa shape index (κ3) is 3.47. The molecule has 7 nitrogen and oxygen atoms in total. The largest absolute Gasteiger partial charge is 0.357 e. The number of hydrogen-bond donors (Lipinski definition) is 1. The van der Waals surface area contributed by atoms with Gasteiger partial charge in [0.15, 0.2) is 5.82 Å². The molecule has 0 spiro atoms. The van der Waals surface area contributed by atoms with E-state index in [4.69, 9.17) is 0 Å². The van der Waals surface area contributed by atoms with E-state index in [2.05, 4.69) is 83.4 Å². The predicted octanol–water partition coefficient (Wildman–Crippen LogP) is 4.12. The molecule has 0 radical (unpaired) electrons. The van der Waals surface area contributed by atoms with Crippen LogP contribution in [0.15, 0.2) is 53.3 Å². The summed E-state index contributed by atoms with van der Waals surface area (Å²) in [5.74, 6) is 0.673. The van der Waals surface area contributed by atoms with Gasteiger partial charge in [0.1, 0.15) is 6.04 Å². The SMILES string of the molecule is Cc1ccc2[nH]c(=O)c([C@@H](c3nnnn3C(C)(C)C)N3CCCc4ccccc43)cc2c1. The van der Waals surface area contributed by atoms with Crippen LogP contribution < -0.4 is 10.5 Å². The lowest BCUT2D eigenvalue weighted by molar-refractivity contribution is 0.329. The minimum atomic E-state index is -0.403. The Morgan fingerprint density at radius 2 is 1.91 bits per heavy atom. The summed E-state index contributed by atoms with van der Waals surface area (Å²) in [6.07, 6.45) is 2.03. The first-order valence-electron chi connectivity index (χ1n) is 11.1. The molecule has 3 heterocycles. The molecular weight excluding hydrogens is 400 g/mol. The van der Waals surface area contributed by atoms with E-state index in [-0.39, 0.29) is 11.1 Å². The third-order valence-electron chi connectivity index (χ3n) is 6.15. The monoisotopic (exact) mass is 428 g/mol. The number of hydrogen-bond acceptors (Lipinski definition) is 5. The Labute approximate surface area is 187 Å². The minimum Gasteiger partial charge on any atom is -0.357 e. The van der Waals surface area contributed by atoms with Crippen LogP contribution in [-0.4, -0.2) is 31.7 Å². The van der Waals surface area contributed by atoms with E-state index in [0.29, 0.717) is 11.4 Å². The number of anilines is 1.